The minimum atomic E-state index is -0.587. The largest absolute Gasteiger partial charge is 0.497 e. The summed E-state index contributed by atoms with van der Waals surface area (Å²) < 4.78 is 11.1. The predicted molar refractivity (Wildman–Crippen MR) is 116 cm³/mol. The van der Waals surface area contributed by atoms with Crippen LogP contribution in [0.3, 0.4) is 0 Å². The number of ether oxygens (including phenoxy) is 2. The number of benzene rings is 3. The Labute approximate surface area is 173 Å². The zero-order chi connectivity index (χ0) is 20.5. The Bertz CT molecular complexity index is 865. The number of rotatable bonds is 10. The van der Waals surface area contributed by atoms with Crippen molar-refractivity contribution in [3.05, 3.63) is 95.6 Å². The van der Waals surface area contributed by atoms with Crippen LogP contribution < -0.4 is 9.47 Å². The number of hydrogen-bond donors (Lipinski definition) is 1. The average molecular weight is 392 g/mol. The SMILES string of the molecule is COc1ccc(CN(Cc2ccccc2)C[C@@H](O)COc2ccccc2C)cc1. The van der Waals surface area contributed by atoms with E-state index in [2.05, 4.69) is 29.2 Å². The fourth-order valence-electron chi connectivity index (χ4n) is 3.27. The zero-order valence-electron chi connectivity index (χ0n) is 17.1. The van der Waals surface area contributed by atoms with Gasteiger partial charge in [0.05, 0.1) is 7.11 Å². The van der Waals surface area contributed by atoms with Gasteiger partial charge in [0.1, 0.15) is 24.2 Å². The highest BCUT2D eigenvalue weighted by Gasteiger charge is 2.14. The van der Waals surface area contributed by atoms with Crippen LogP contribution in [0, 0.1) is 6.92 Å². The third-order valence-electron chi connectivity index (χ3n) is 4.81. The Morgan fingerprint density at radius 1 is 0.828 bits per heavy atom. The highest BCUT2D eigenvalue weighted by atomic mass is 16.5. The van der Waals surface area contributed by atoms with Crippen LogP contribution in [-0.4, -0.2) is 36.4 Å². The first-order valence-electron chi connectivity index (χ1n) is 9.90. The molecule has 3 aromatic rings. The maximum absolute atomic E-state index is 10.6. The number of aliphatic hydroxyl groups excluding tert-OH is 1. The van der Waals surface area contributed by atoms with Crippen LogP contribution >= 0.6 is 0 Å². The van der Waals surface area contributed by atoms with E-state index in [0.29, 0.717) is 6.54 Å². The molecule has 4 nitrogen and oxygen atoms in total. The first-order chi connectivity index (χ1) is 14.1. The molecule has 0 spiro atoms. The van der Waals surface area contributed by atoms with Gasteiger partial charge in [0.25, 0.3) is 0 Å². The number of aryl methyl sites for hydroxylation is 1. The molecule has 0 bridgehead atoms. The van der Waals surface area contributed by atoms with Gasteiger partial charge in [0.2, 0.25) is 0 Å². The molecule has 0 fully saturated rings. The first kappa shape index (κ1) is 20.9. The van der Waals surface area contributed by atoms with Gasteiger partial charge < -0.3 is 14.6 Å². The Balaban J connectivity index is 1.63. The Hall–Kier alpha value is -2.82. The summed E-state index contributed by atoms with van der Waals surface area (Å²) in [7, 11) is 1.67. The summed E-state index contributed by atoms with van der Waals surface area (Å²) >= 11 is 0. The first-order valence-corrected chi connectivity index (χ1v) is 9.90. The summed E-state index contributed by atoms with van der Waals surface area (Å²) in [5, 5.41) is 10.6. The van der Waals surface area contributed by atoms with Gasteiger partial charge >= 0.3 is 0 Å². The molecule has 0 aliphatic carbocycles. The summed E-state index contributed by atoms with van der Waals surface area (Å²) in [5.41, 5.74) is 3.46. The van der Waals surface area contributed by atoms with Gasteiger partial charge in [-0.05, 0) is 41.8 Å². The molecule has 152 valence electrons. The fourth-order valence-corrected chi connectivity index (χ4v) is 3.27. The van der Waals surface area contributed by atoms with Crippen LogP contribution in [0.15, 0.2) is 78.9 Å². The average Bonchev–Trinajstić information content (AvgIpc) is 2.74. The van der Waals surface area contributed by atoms with Crippen molar-refractivity contribution in [2.24, 2.45) is 0 Å². The summed E-state index contributed by atoms with van der Waals surface area (Å²) in [6.45, 7) is 4.28. The molecule has 3 aromatic carbocycles. The second-order valence-electron chi connectivity index (χ2n) is 7.23. The van der Waals surface area contributed by atoms with Crippen molar-refractivity contribution in [3.63, 3.8) is 0 Å². The number of aliphatic hydroxyl groups is 1. The van der Waals surface area contributed by atoms with E-state index >= 15 is 0 Å². The lowest BCUT2D eigenvalue weighted by atomic mass is 10.1. The molecule has 0 saturated heterocycles. The number of hydrogen-bond acceptors (Lipinski definition) is 4. The molecule has 0 amide bonds. The molecule has 0 aromatic heterocycles. The van der Waals surface area contributed by atoms with Gasteiger partial charge in [-0.3, -0.25) is 4.90 Å². The van der Waals surface area contributed by atoms with Crippen molar-refractivity contribution >= 4 is 0 Å². The Morgan fingerprint density at radius 3 is 2.10 bits per heavy atom. The van der Waals surface area contributed by atoms with E-state index < -0.39 is 6.10 Å². The maximum Gasteiger partial charge on any atom is 0.122 e. The lowest BCUT2D eigenvalue weighted by Crippen LogP contribution is -2.35. The van der Waals surface area contributed by atoms with E-state index in [4.69, 9.17) is 9.47 Å². The topological polar surface area (TPSA) is 41.9 Å². The number of para-hydroxylation sites is 1. The molecule has 1 atom stereocenters. The van der Waals surface area contributed by atoms with Gasteiger partial charge in [0.15, 0.2) is 0 Å². The molecule has 0 unspecified atom stereocenters. The van der Waals surface area contributed by atoms with Crippen LogP contribution in [0.1, 0.15) is 16.7 Å². The molecule has 0 saturated carbocycles. The summed E-state index contributed by atoms with van der Waals surface area (Å²) in [4.78, 5) is 2.24. The highest BCUT2D eigenvalue weighted by molar-refractivity contribution is 5.31. The molecule has 1 N–H and O–H groups in total. The van der Waals surface area contributed by atoms with Crippen molar-refractivity contribution < 1.29 is 14.6 Å². The van der Waals surface area contributed by atoms with Gasteiger partial charge in [-0.25, -0.2) is 0 Å². The minimum absolute atomic E-state index is 0.263. The second kappa shape index (κ2) is 10.6. The second-order valence-corrected chi connectivity index (χ2v) is 7.23. The summed E-state index contributed by atoms with van der Waals surface area (Å²) in [6, 6.07) is 26.2. The molecule has 0 radical (unpaired) electrons. The van der Waals surface area contributed by atoms with Gasteiger partial charge in [0, 0.05) is 19.6 Å². The molecular formula is C25H29NO3. The molecule has 0 heterocycles. The number of nitrogens with zero attached hydrogens (tertiary/aromatic N) is 1. The van der Waals surface area contributed by atoms with Crippen LogP contribution in [0.4, 0.5) is 0 Å². The van der Waals surface area contributed by atoms with Gasteiger partial charge in [-0.1, -0.05) is 60.7 Å². The van der Waals surface area contributed by atoms with Crippen LogP contribution in [0.25, 0.3) is 0 Å². The maximum atomic E-state index is 10.6. The van der Waals surface area contributed by atoms with Crippen molar-refractivity contribution in [1.82, 2.24) is 4.90 Å². The minimum Gasteiger partial charge on any atom is -0.497 e. The summed E-state index contributed by atoms with van der Waals surface area (Å²) in [6.07, 6.45) is -0.587. The molecule has 0 aliphatic rings. The van der Waals surface area contributed by atoms with Crippen molar-refractivity contribution in [2.75, 3.05) is 20.3 Å². The molecule has 4 heteroatoms. The fraction of sp³-hybridized carbons (Fsp3) is 0.280. The third kappa shape index (κ3) is 6.63. The van der Waals surface area contributed by atoms with Gasteiger partial charge in [-0.15, -0.1) is 0 Å². The molecule has 0 aliphatic heterocycles. The van der Waals surface area contributed by atoms with Crippen molar-refractivity contribution in [2.45, 2.75) is 26.1 Å². The zero-order valence-corrected chi connectivity index (χ0v) is 17.1. The number of methoxy groups -OCH3 is 1. The standard InChI is InChI=1S/C25H29NO3/c1-20-8-6-7-11-25(20)29-19-23(27)18-26(16-21-9-4-3-5-10-21)17-22-12-14-24(28-2)15-13-22/h3-15,23,27H,16-19H2,1-2H3/t23-/m1/s1. The smallest absolute Gasteiger partial charge is 0.122 e. The normalized spacial score (nSPS) is 12.0. The lowest BCUT2D eigenvalue weighted by Gasteiger charge is -2.25. The van der Waals surface area contributed by atoms with E-state index in [-0.39, 0.29) is 6.61 Å². The quantitative estimate of drug-likeness (QED) is 0.555. The van der Waals surface area contributed by atoms with E-state index in [1.807, 2.05) is 61.5 Å². The highest BCUT2D eigenvalue weighted by Crippen LogP contribution is 2.18. The van der Waals surface area contributed by atoms with Crippen molar-refractivity contribution in [1.29, 1.82) is 0 Å². The van der Waals surface area contributed by atoms with Crippen LogP contribution in [0.5, 0.6) is 11.5 Å². The van der Waals surface area contributed by atoms with E-state index in [1.165, 1.54) is 11.1 Å². The van der Waals surface area contributed by atoms with E-state index in [0.717, 1.165) is 30.2 Å². The van der Waals surface area contributed by atoms with Crippen LogP contribution in [0.2, 0.25) is 0 Å². The molecular weight excluding hydrogens is 362 g/mol. The molecule has 29 heavy (non-hydrogen) atoms. The van der Waals surface area contributed by atoms with Crippen molar-refractivity contribution in [3.8, 4) is 11.5 Å². The van der Waals surface area contributed by atoms with E-state index in [1.54, 1.807) is 7.11 Å². The lowest BCUT2D eigenvalue weighted by molar-refractivity contribution is 0.0626. The summed E-state index contributed by atoms with van der Waals surface area (Å²) in [5.74, 6) is 1.66. The van der Waals surface area contributed by atoms with Crippen LogP contribution in [-0.2, 0) is 13.1 Å². The Morgan fingerprint density at radius 2 is 1.45 bits per heavy atom. The third-order valence-corrected chi connectivity index (χ3v) is 4.81. The predicted octanol–water partition coefficient (Wildman–Crippen LogP) is 4.45. The van der Waals surface area contributed by atoms with Gasteiger partial charge in [-0.2, -0.15) is 0 Å². The Kier molecular flexibility index (Phi) is 7.68. The monoisotopic (exact) mass is 391 g/mol. The molecule has 3 rings (SSSR count). The van der Waals surface area contributed by atoms with E-state index in [9.17, 15) is 5.11 Å².